The molecule has 0 aromatic heterocycles. The molecule has 2 aromatic rings. The Labute approximate surface area is 262 Å². The number of aliphatic carboxylic acids is 1. The van der Waals surface area contributed by atoms with Gasteiger partial charge in [-0.15, -0.1) is 0 Å². The third-order valence-corrected chi connectivity index (χ3v) is 9.45. The predicted octanol–water partition coefficient (Wildman–Crippen LogP) is 10.3. The van der Waals surface area contributed by atoms with Gasteiger partial charge in [-0.05, 0) is 61.4 Å². The summed E-state index contributed by atoms with van der Waals surface area (Å²) < 4.78 is 69.0. The highest BCUT2D eigenvalue weighted by atomic mass is 19.4. The molecule has 5 nitrogen and oxygen atoms in total. The molecule has 10 heteroatoms. The van der Waals surface area contributed by atoms with Gasteiger partial charge in [0, 0.05) is 23.8 Å². The molecule has 0 spiro atoms. The summed E-state index contributed by atoms with van der Waals surface area (Å²) in [6, 6.07) is 12.7. The molecule has 0 saturated carbocycles. The summed E-state index contributed by atoms with van der Waals surface area (Å²) in [5.74, 6) is -4.97. The Balaban J connectivity index is 1.39. The van der Waals surface area contributed by atoms with Crippen molar-refractivity contribution in [3.8, 4) is 17.2 Å². The zero-order chi connectivity index (χ0) is 33.1. The Morgan fingerprint density at radius 1 is 0.844 bits per heavy atom. The van der Waals surface area contributed by atoms with E-state index >= 15 is 0 Å². The average Bonchev–Trinajstić information content (AvgIpc) is 2.98. The Bertz CT molecular complexity index is 1200. The Morgan fingerprint density at radius 3 is 1.98 bits per heavy atom. The number of hydrogen-bond donors (Lipinski definition) is 3. The van der Waals surface area contributed by atoms with Gasteiger partial charge in [0.05, 0.1) is 12.5 Å². The van der Waals surface area contributed by atoms with Crippen LogP contribution in [-0.4, -0.2) is 40.0 Å². The van der Waals surface area contributed by atoms with Crippen LogP contribution in [0.1, 0.15) is 120 Å². The van der Waals surface area contributed by atoms with Crippen LogP contribution in [0.3, 0.4) is 0 Å². The Kier molecular flexibility index (Phi) is 13.4. The molecule has 252 valence electrons. The van der Waals surface area contributed by atoms with Crippen molar-refractivity contribution in [3.05, 3.63) is 53.6 Å². The van der Waals surface area contributed by atoms with Gasteiger partial charge in [0.1, 0.15) is 17.2 Å². The number of phenols is 2. The molecule has 0 amide bonds. The fourth-order valence-electron chi connectivity index (χ4n) is 6.67. The first-order valence-electron chi connectivity index (χ1n) is 16.2. The van der Waals surface area contributed by atoms with Crippen LogP contribution in [0.2, 0.25) is 0 Å². The number of carboxylic acids is 1. The maximum Gasteiger partial charge on any atom is 0.453 e. The van der Waals surface area contributed by atoms with E-state index in [1.165, 1.54) is 0 Å². The Hall–Kier alpha value is -3.04. The summed E-state index contributed by atoms with van der Waals surface area (Å²) in [4.78, 5) is 11.6. The zero-order valence-corrected chi connectivity index (χ0v) is 26.1. The fraction of sp³-hybridized carbons (Fsp3) is 0.629. The molecule has 0 saturated heterocycles. The summed E-state index contributed by atoms with van der Waals surface area (Å²) in [6.07, 6.45) is 2.66. The second-order valence-electron chi connectivity index (χ2n) is 12.5. The number of unbranched alkanes of at least 4 members (excludes halogenated alkanes) is 8. The van der Waals surface area contributed by atoms with Crippen molar-refractivity contribution < 1.29 is 46.8 Å². The summed E-state index contributed by atoms with van der Waals surface area (Å²) in [7, 11) is 0. The van der Waals surface area contributed by atoms with Crippen molar-refractivity contribution in [2.45, 2.75) is 127 Å². The fourth-order valence-corrected chi connectivity index (χ4v) is 6.67. The lowest BCUT2D eigenvalue weighted by atomic mass is 9.63. The van der Waals surface area contributed by atoms with Crippen LogP contribution in [0.25, 0.3) is 0 Å². The first kappa shape index (κ1) is 36.4. The van der Waals surface area contributed by atoms with E-state index in [2.05, 4.69) is 6.92 Å². The number of carboxylic acid groups (broad SMARTS) is 1. The van der Waals surface area contributed by atoms with Crippen molar-refractivity contribution >= 4 is 5.97 Å². The topological polar surface area (TPSA) is 87.0 Å². The number of halogens is 5. The molecule has 45 heavy (non-hydrogen) atoms. The van der Waals surface area contributed by atoms with Crippen LogP contribution in [0.15, 0.2) is 42.5 Å². The summed E-state index contributed by atoms with van der Waals surface area (Å²) >= 11 is 0. The maximum absolute atomic E-state index is 13.0. The third kappa shape index (κ3) is 9.97. The van der Waals surface area contributed by atoms with Crippen LogP contribution >= 0.6 is 0 Å². The SMILES string of the molecule is CCC1(c2ccc(O)cc2)COc2cc(O)ccc2C1CCCCCCCCCC(CCCCCC(F)(F)C(F)(F)F)C(=O)O. The van der Waals surface area contributed by atoms with Crippen molar-refractivity contribution in [2.24, 2.45) is 5.92 Å². The number of carbonyl (C=O) groups is 1. The van der Waals surface area contributed by atoms with Gasteiger partial charge < -0.3 is 20.1 Å². The largest absolute Gasteiger partial charge is 0.508 e. The molecule has 0 radical (unpaired) electrons. The molecule has 3 unspecified atom stereocenters. The van der Waals surface area contributed by atoms with Crippen molar-refractivity contribution in [2.75, 3.05) is 6.61 Å². The molecular formula is C35H47F5O5. The lowest BCUT2D eigenvalue weighted by Crippen LogP contribution is -2.42. The van der Waals surface area contributed by atoms with Crippen molar-refractivity contribution in [1.82, 2.24) is 0 Å². The van der Waals surface area contributed by atoms with Crippen molar-refractivity contribution in [1.29, 1.82) is 0 Å². The molecule has 3 N–H and O–H groups in total. The Morgan fingerprint density at radius 2 is 1.40 bits per heavy atom. The zero-order valence-electron chi connectivity index (χ0n) is 26.1. The molecule has 0 bridgehead atoms. The van der Waals surface area contributed by atoms with Gasteiger partial charge in [-0.25, -0.2) is 0 Å². The molecular weight excluding hydrogens is 595 g/mol. The second-order valence-corrected chi connectivity index (χ2v) is 12.5. The third-order valence-electron chi connectivity index (χ3n) is 9.45. The lowest BCUT2D eigenvalue weighted by molar-refractivity contribution is -0.284. The van der Waals surface area contributed by atoms with E-state index in [4.69, 9.17) is 4.74 Å². The molecule has 1 aliphatic rings. The number of hydrogen-bond acceptors (Lipinski definition) is 4. The summed E-state index contributed by atoms with van der Waals surface area (Å²) in [5, 5.41) is 29.4. The number of phenolic OH excluding ortho intramolecular Hbond substituents is 2. The van der Waals surface area contributed by atoms with Crippen LogP contribution in [0.5, 0.6) is 17.2 Å². The number of rotatable bonds is 19. The molecule has 0 aliphatic carbocycles. The number of fused-ring (bicyclic) bond motifs is 1. The standard InChI is InChI=1S/C35H47F5O5/c1-2-33(26-16-18-27(41)19-17-26)24-45-31-23-28(42)20-21-29(31)30(33)15-11-7-5-3-4-6-9-13-25(32(43)44)14-10-8-12-22-34(36,37)35(38,39)40/h16-21,23,25,30,41-42H,2-15,22,24H2,1H3,(H,43,44). The van der Waals surface area contributed by atoms with Gasteiger partial charge in [0.2, 0.25) is 0 Å². The second kappa shape index (κ2) is 16.5. The van der Waals surface area contributed by atoms with Crippen LogP contribution in [0.4, 0.5) is 22.0 Å². The van der Waals surface area contributed by atoms with Gasteiger partial charge in [-0.3, -0.25) is 4.79 Å². The van der Waals surface area contributed by atoms with Crippen LogP contribution in [0, 0.1) is 5.92 Å². The molecule has 3 rings (SSSR count). The minimum atomic E-state index is -5.55. The quantitative estimate of drug-likeness (QED) is 0.105. The maximum atomic E-state index is 13.0. The van der Waals surface area contributed by atoms with E-state index in [1.807, 2.05) is 18.2 Å². The highest BCUT2D eigenvalue weighted by Gasteiger charge is 2.56. The highest BCUT2D eigenvalue weighted by Crippen LogP contribution is 2.51. The van der Waals surface area contributed by atoms with Gasteiger partial charge in [0.25, 0.3) is 0 Å². The van der Waals surface area contributed by atoms with Crippen molar-refractivity contribution in [3.63, 3.8) is 0 Å². The average molecular weight is 643 g/mol. The number of aromatic hydroxyl groups is 2. The molecule has 2 aromatic carbocycles. The predicted molar refractivity (Wildman–Crippen MR) is 163 cm³/mol. The van der Waals surface area contributed by atoms with Gasteiger partial charge in [-0.1, -0.05) is 82.9 Å². The van der Waals surface area contributed by atoms with Crippen LogP contribution < -0.4 is 4.74 Å². The summed E-state index contributed by atoms with van der Waals surface area (Å²) in [5.41, 5.74) is 1.95. The minimum Gasteiger partial charge on any atom is -0.508 e. The molecule has 0 fully saturated rings. The van der Waals surface area contributed by atoms with E-state index < -0.39 is 30.4 Å². The summed E-state index contributed by atoms with van der Waals surface area (Å²) in [6.45, 7) is 2.64. The lowest BCUT2D eigenvalue weighted by Gasteiger charge is -2.45. The van der Waals surface area contributed by atoms with Gasteiger partial charge in [-0.2, -0.15) is 22.0 Å². The number of ether oxygens (including phenoxy) is 1. The van der Waals surface area contributed by atoms with Gasteiger partial charge in [0.15, 0.2) is 0 Å². The monoisotopic (exact) mass is 642 g/mol. The van der Waals surface area contributed by atoms with E-state index in [0.717, 1.165) is 68.9 Å². The van der Waals surface area contributed by atoms with E-state index in [0.29, 0.717) is 25.2 Å². The molecule has 1 aliphatic heterocycles. The minimum absolute atomic E-state index is 0.145. The molecule has 1 heterocycles. The van der Waals surface area contributed by atoms with E-state index in [-0.39, 0.29) is 42.1 Å². The highest BCUT2D eigenvalue weighted by molar-refractivity contribution is 5.69. The van der Waals surface area contributed by atoms with Gasteiger partial charge >= 0.3 is 18.1 Å². The smallest absolute Gasteiger partial charge is 0.453 e. The first-order valence-corrected chi connectivity index (χ1v) is 16.2. The number of benzene rings is 2. The normalized spacial score (nSPS) is 19.1. The first-order chi connectivity index (χ1) is 21.3. The number of alkyl halides is 5. The van der Waals surface area contributed by atoms with Crippen LogP contribution in [-0.2, 0) is 10.2 Å². The van der Waals surface area contributed by atoms with E-state index in [1.54, 1.807) is 24.3 Å². The van der Waals surface area contributed by atoms with E-state index in [9.17, 15) is 42.1 Å². The molecule has 3 atom stereocenters.